The van der Waals surface area contributed by atoms with Crippen LogP contribution in [0.15, 0.2) is 24.3 Å². The molecule has 1 saturated carbocycles. The van der Waals surface area contributed by atoms with Crippen LogP contribution in [-0.4, -0.2) is 11.1 Å². The summed E-state index contributed by atoms with van der Waals surface area (Å²) in [5.74, 6) is -1.07. The number of carboxylic acids is 1. The first-order valence-electron chi connectivity index (χ1n) is 5.05. The van der Waals surface area contributed by atoms with E-state index in [1.807, 2.05) is 6.92 Å². The minimum atomic E-state index is -0.737. The molecule has 1 aromatic rings. The molecule has 0 aromatic heterocycles. The summed E-state index contributed by atoms with van der Waals surface area (Å²) < 4.78 is 12.7. The van der Waals surface area contributed by atoms with E-state index in [0.717, 1.165) is 18.4 Å². The van der Waals surface area contributed by atoms with Crippen LogP contribution in [0, 0.1) is 11.2 Å². The van der Waals surface area contributed by atoms with Crippen LogP contribution in [0.4, 0.5) is 4.39 Å². The third-order valence-electron chi connectivity index (χ3n) is 3.41. The van der Waals surface area contributed by atoms with Gasteiger partial charge in [-0.05, 0) is 36.5 Å². The molecule has 0 amide bonds. The van der Waals surface area contributed by atoms with Crippen LogP contribution in [0.1, 0.15) is 31.2 Å². The summed E-state index contributed by atoms with van der Waals surface area (Å²) in [6, 6.07) is 6.10. The Hall–Kier alpha value is -1.38. The molecular formula is C12H13FO2. The lowest BCUT2D eigenvalue weighted by Gasteiger charge is -2.19. The number of aliphatic carboxylic acids is 1. The Morgan fingerprint density at radius 3 is 2.33 bits per heavy atom. The zero-order chi connectivity index (χ0) is 11.1. The largest absolute Gasteiger partial charge is 0.481 e. The van der Waals surface area contributed by atoms with Crippen molar-refractivity contribution < 1.29 is 14.3 Å². The van der Waals surface area contributed by atoms with Gasteiger partial charge in [0.2, 0.25) is 0 Å². The van der Waals surface area contributed by atoms with Gasteiger partial charge in [-0.15, -0.1) is 0 Å². The predicted molar refractivity (Wildman–Crippen MR) is 54.1 cm³/mol. The van der Waals surface area contributed by atoms with E-state index >= 15 is 0 Å². The lowest BCUT2D eigenvalue weighted by molar-refractivity contribution is -0.144. The molecule has 1 aliphatic rings. The summed E-state index contributed by atoms with van der Waals surface area (Å²) in [6.07, 6.45) is 1.45. The SMILES string of the molecule is CC(c1ccc(F)cc1)C1(C(=O)O)CC1. The Kier molecular flexibility index (Phi) is 2.25. The van der Waals surface area contributed by atoms with Gasteiger partial charge in [0.25, 0.3) is 0 Å². The van der Waals surface area contributed by atoms with Crippen LogP contribution < -0.4 is 0 Å². The minimum absolute atomic E-state index is 0.0457. The van der Waals surface area contributed by atoms with E-state index in [1.165, 1.54) is 12.1 Å². The van der Waals surface area contributed by atoms with E-state index in [-0.39, 0.29) is 11.7 Å². The van der Waals surface area contributed by atoms with Gasteiger partial charge in [0.1, 0.15) is 5.82 Å². The van der Waals surface area contributed by atoms with Crippen molar-refractivity contribution in [2.75, 3.05) is 0 Å². The molecule has 0 heterocycles. The normalized spacial score (nSPS) is 19.6. The van der Waals surface area contributed by atoms with Gasteiger partial charge in [-0.3, -0.25) is 4.79 Å². The molecule has 1 fully saturated rings. The number of hydrogen-bond acceptors (Lipinski definition) is 1. The first-order valence-corrected chi connectivity index (χ1v) is 5.05. The van der Waals surface area contributed by atoms with Gasteiger partial charge in [0.05, 0.1) is 5.41 Å². The molecule has 1 N–H and O–H groups in total. The van der Waals surface area contributed by atoms with E-state index in [2.05, 4.69) is 0 Å². The monoisotopic (exact) mass is 208 g/mol. The number of benzene rings is 1. The van der Waals surface area contributed by atoms with Crippen LogP contribution in [0.5, 0.6) is 0 Å². The fourth-order valence-corrected chi connectivity index (χ4v) is 2.04. The molecule has 15 heavy (non-hydrogen) atoms. The third kappa shape index (κ3) is 1.62. The van der Waals surface area contributed by atoms with E-state index in [9.17, 15) is 9.18 Å². The molecule has 0 spiro atoms. The first-order chi connectivity index (χ1) is 7.06. The molecular weight excluding hydrogens is 195 g/mol. The zero-order valence-electron chi connectivity index (χ0n) is 8.53. The topological polar surface area (TPSA) is 37.3 Å². The number of hydrogen-bond donors (Lipinski definition) is 1. The highest BCUT2D eigenvalue weighted by Gasteiger charge is 2.54. The highest BCUT2D eigenvalue weighted by molar-refractivity contribution is 5.79. The Labute approximate surface area is 87.7 Å². The van der Waals surface area contributed by atoms with Crippen molar-refractivity contribution in [3.05, 3.63) is 35.6 Å². The van der Waals surface area contributed by atoms with Gasteiger partial charge >= 0.3 is 5.97 Å². The second kappa shape index (κ2) is 3.33. The molecule has 1 atom stereocenters. The van der Waals surface area contributed by atoms with Gasteiger partial charge in [0.15, 0.2) is 0 Å². The van der Waals surface area contributed by atoms with Gasteiger partial charge in [-0.1, -0.05) is 19.1 Å². The molecule has 0 saturated heterocycles. The van der Waals surface area contributed by atoms with Crippen molar-refractivity contribution >= 4 is 5.97 Å². The van der Waals surface area contributed by atoms with Crippen molar-refractivity contribution in [1.82, 2.24) is 0 Å². The Morgan fingerprint density at radius 2 is 1.93 bits per heavy atom. The van der Waals surface area contributed by atoms with Crippen LogP contribution in [-0.2, 0) is 4.79 Å². The Bertz CT molecular complexity index is 379. The molecule has 0 bridgehead atoms. The summed E-state index contributed by atoms with van der Waals surface area (Å²) in [7, 11) is 0. The molecule has 0 aliphatic heterocycles. The highest BCUT2D eigenvalue weighted by Crippen LogP contribution is 2.56. The second-order valence-electron chi connectivity index (χ2n) is 4.23. The van der Waals surface area contributed by atoms with E-state index in [0.29, 0.717) is 0 Å². The third-order valence-corrected chi connectivity index (χ3v) is 3.41. The molecule has 1 unspecified atom stereocenters. The average molecular weight is 208 g/mol. The van der Waals surface area contributed by atoms with Crippen LogP contribution >= 0.6 is 0 Å². The van der Waals surface area contributed by atoms with Crippen molar-refractivity contribution in [2.24, 2.45) is 5.41 Å². The van der Waals surface area contributed by atoms with Gasteiger partial charge < -0.3 is 5.11 Å². The van der Waals surface area contributed by atoms with Gasteiger partial charge in [0, 0.05) is 0 Å². The summed E-state index contributed by atoms with van der Waals surface area (Å²) in [5, 5.41) is 9.12. The van der Waals surface area contributed by atoms with Crippen molar-refractivity contribution in [2.45, 2.75) is 25.7 Å². The fraction of sp³-hybridized carbons (Fsp3) is 0.417. The van der Waals surface area contributed by atoms with E-state index in [4.69, 9.17) is 5.11 Å². The van der Waals surface area contributed by atoms with E-state index < -0.39 is 11.4 Å². The smallest absolute Gasteiger partial charge is 0.310 e. The summed E-state index contributed by atoms with van der Waals surface area (Å²) in [5.41, 5.74) is 0.300. The molecule has 2 rings (SSSR count). The summed E-state index contributed by atoms with van der Waals surface area (Å²) in [4.78, 5) is 11.1. The quantitative estimate of drug-likeness (QED) is 0.829. The summed E-state index contributed by atoms with van der Waals surface area (Å²) in [6.45, 7) is 1.90. The van der Waals surface area contributed by atoms with Crippen molar-refractivity contribution in [3.8, 4) is 0 Å². The number of rotatable bonds is 3. The maximum Gasteiger partial charge on any atom is 0.310 e. The molecule has 80 valence electrons. The van der Waals surface area contributed by atoms with Crippen LogP contribution in [0.3, 0.4) is 0 Å². The maximum atomic E-state index is 12.7. The highest BCUT2D eigenvalue weighted by atomic mass is 19.1. The number of carboxylic acid groups (broad SMARTS) is 1. The van der Waals surface area contributed by atoms with Gasteiger partial charge in [-0.25, -0.2) is 4.39 Å². The molecule has 2 nitrogen and oxygen atoms in total. The minimum Gasteiger partial charge on any atom is -0.481 e. The van der Waals surface area contributed by atoms with Crippen LogP contribution in [0.2, 0.25) is 0 Å². The molecule has 1 aliphatic carbocycles. The lowest BCUT2D eigenvalue weighted by Crippen LogP contribution is -2.21. The molecule has 1 aromatic carbocycles. The predicted octanol–water partition coefficient (Wildman–Crippen LogP) is 2.79. The van der Waals surface area contributed by atoms with Crippen molar-refractivity contribution in [3.63, 3.8) is 0 Å². The van der Waals surface area contributed by atoms with Crippen LogP contribution in [0.25, 0.3) is 0 Å². The lowest BCUT2D eigenvalue weighted by atomic mass is 9.85. The molecule has 0 radical (unpaired) electrons. The maximum absolute atomic E-state index is 12.7. The fourth-order valence-electron chi connectivity index (χ4n) is 2.04. The second-order valence-corrected chi connectivity index (χ2v) is 4.23. The standard InChI is InChI=1S/C12H13FO2/c1-8(12(6-7-12)11(14)15)9-2-4-10(13)5-3-9/h2-5,8H,6-7H2,1H3,(H,14,15). The van der Waals surface area contributed by atoms with Gasteiger partial charge in [-0.2, -0.15) is 0 Å². The Morgan fingerprint density at radius 1 is 1.40 bits per heavy atom. The Balaban J connectivity index is 2.25. The van der Waals surface area contributed by atoms with Crippen molar-refractivity contribution in [1.29, 1.82) is 0 Å². The zero-order valence-corrected chi connectivity index (χ0v) is 8.53. The van der Waals surface area contributed by atoms with E-state index in [1.54, 1.807) is 12.1 Å². The number of carbonyl (C=O) groups is 1. The first kappa shape index (κ1) is 10.1. The average Bonchev–Trinajstić information content (AvgIpc) is 2.98. The summed E-state index contributed by atoms with van der Waals surface area (Å²) >= 11 is 0. The molecule has 3 heteroatoms. The number of halogens is 1.